The molecular formula is C24H24ClN3O3. The summed E-state index contributed by atoms with van der Waals surface area (Å²) >= 11 is 6.04. The van der Waals surface area contributed by atoms with Gasteiger partial charge in [0.25, 0.3) is 11.8 Å². The predicted molar refractivity (Wildman–Crippen MR) is 121 cm³/mol. The molecule has 0 aliphatic carbocycles. The first-order valence-electron chi connectivity index (χ1n) is 10.3. The number of halogens is 1. The van der Waals surface area contributed by atoms with E-state index >= 15 is 0 Å². The van der Waals surface area contributed by atoms with E-state index in [9.17, 15) is 14.7 Å². The minimum absolute atomic E-state index is 0.351. The van der Waals surface area contributed by atoms with Gasteiger partial charge < -0.3 is 20.3 Å². The van der Waals surface area contributed by atoms with Gasteiger partial charge in [0.15, 0.2) is 6.10 Å². The van der Waals surface area contributed by atoms with Crippen LogP contribution in [0.3, 0.4) is 0 Å². The summed E-state index contributed by atoms with van der Waals surface area (Å²) in [4.78, 5) is 30.3. The van der Waals surface area contributed by atoms with Crippen molar-refractivity contribution in [2.24, 2.45) is 0 Å². The lowest BCUT2D eigenvalue weighted by Crippen LogP contribution is -2.51. The number of aliphatic hydroxyl groups is 1. The number of aromatic amines is 1. The third kappa shape index (κ3) is 4.98. The maximum atomic E-state index is 12.9. The molecule has 0 saturated carbocycles. The molecule has 2 atom stereocenters. The number of fused-ring (bicyclic) bond motifs is 1. The number of aliphatic hydroxyl groups excluding tert-OH is 1. The van der Waals surface area contributed by atoms with E-state index in [-0.39, 0.29) is 11.8 Å². The van der Waals surface area contributed by atoms with E-state index in [0.29, 0.717) is 36.6 Å². The van der Waals surface area contributed by atoms with Gasteiger partial charge in [0.1, 0.15) is 5.69 Å². The van der Waals surface area contributed by atoms with Crippen molar-refractivity contribution >= 4 is 34.3 Å². The molecule has 2 heterocycles. The van der Waals surface area contributed by atoms with E-state index in [2.05, 4.69) is 10.3 Å². The molecular weight excluding hydrogens is 414 g/mol. The van der Waals surface area contributed by atoms with Crippen molar-refractivity contribution in [2.75, 3.05) is 13.1 Å². The van der Waals surface area contributed by atoms with Gasteiger partial charge in [-0.1, -0.05) is 54.1 Å². The van der Waals surface area contributed by atoms with Gasteiger partial charge in [0.05, 0.1) is 6.04 Å². The van der Waals surface area contributed by atoms with Crippen molar-refractivity contribution in [3.05, 3.63) is 83.0 Å². The second kappa shape index (κ2) is 9.37. The van der Waals surface area contributed by atoms with Crippen molar-refractivity contribution < 1.29 is 14.7 Å². The highest BCUT2D eigenvalue weighted by molar-refractivity contribution is 6.31. The minimum Gasteiger partial charge on any atom is -0.381 e. The van der Waals surface area contributed by atoms with E-state index in [1.807, 2.05) is 42.5 Å². The molecule has 1 aromatic heterocycles. The Bertz CT molecular complexity index is 1100. The first kappa shape index (κ1) is 21.2. The number of carbonyl (C=O) groups excluding carboxylic acids is 2. The highest BCUT2D eigenvalue weighted by Crippen LogP contribution is 2.20. The highest BCUT2D eigenvalue weighted by Gasteiger charge is 2.31. The van der Waals surface area contributed by atoms with Gasteiger partial charge in [0, 0.05) is 29.0 Å². The van der Waals surface area contributed by atoms with Crippen LogP contribution in [0.25, 0.3) is 10.9 Å². The van der Waals surface area contributed by atoms with E-state index in [0.717, 1.165) is 16.5 Å². The lowest BCUT2D eigenvalue weighted by molar-refractivity contribution is -0.140. The van der Waals surface area contributed by atoms with Crippen LogP contribution in [0.2, 0.25) is 5.02 Å². The van der Waals surface area contributed by atoms with E-state index in [4.69, 9.17) is 11.6 Å². The van der Waals surface area contributed by atoms with Gasteiger partial charge in [-0.25, -0.2) is 0 Å². The normalized spacial score (nSPS) is 15.2. The third-order valence-corrected chi connectivity index (χ3v) is 5.73. The molecule has 2 amide bonds. The summed E-state index contributed by atoms with van der Waals surface area (Å²) < 4.78 is 0. The number of benzene rings is 2. The van der Waals surface area contributed by atoms with Gasteiger partial charge >= 0.3 is 0 Å². The largest absolute Gasteiger partial charge is 0.381 e. The number of aryl methyl sites for hydroxylation is 1. The Hall–Kier alpha value is -3.09. The predicted octanol–water partition coefficient (Wildman–Crippen LogP) is 3.31. The van der Waals surface area contributed by atoms with Crippen LogP contribution >= 0.6 is 11.6 Å². The molecule has 3 N–H and O–H groups in total. The van der Waals surface area contributed by atoms with Crippen LogP contribution in [0.15, 0.2) is 66.7 Å². The second-order valence-electron chi connectivity index (χ2n) is 7.68. The summed E-state index contributed by atoms with van der Waals surface area (Å²) in [6, 6.07) is 16.1. The SMILES string of the molecule is O=C(N[C@@H](CCc1ccccc1)[C@@H](O)C(=O)N1CC=CC1)c1cc2cc(Cl)ccc2[nH]1. The summed E-state index contributed by atoms with van der Waals surface area (Å²) in [6.45, 7) is 0.941. The zero-order valence-corrected chi connectivity index (χ0v) is 17.7. The standard InChI is InChI=1S/C24H24ClN3O3/c25-18-9-11-19-17(14-18)15-21(26-19)23(30)27-20(10-8-16-6-2-1-3-7-16)22(29)24(31)28-12-4-5-13-28/h1-7,9,11,14-15,20,22,26,29H,8,10,12-13H2,(H,27,30)/t20-,22+/m0/s1. The summed E-state index contributed by atoms with van der Waals surface area (Å²) in [5.74, 6) is -0.761. The smallest absolute Gasteiger partial charge is 0.268 e. The molecule has 1 aliphatic rings. The molecule has 6 nitrogen and oxygen atoms in total. The molecule has 2 aromatic carbocycles. The quantitative estimate of drug-likeness (QED) is 0.496. The molecule has 0 fully saturated rings. The van der Waals surface area contributed by atoms with Crippen LogP contribution < -0.4 is 5.32 Å². The van der Waals surface area contributed by atoms with Gasteiger partial charge in [-0.2, -0.15) is 0 Å². The molecule has 0 radical (unpaired) electrons. The number of amides is 2. The van der Waals surface area contributed by atoms with Crippen molar-refractivity contribution in [1.82, 2.24) is 15.2 Å². The Labute approximate surface area is 185 Å². The average molecular weight is 438 g/mol. The van der Waals surface area contributed by atoms with Gasteiger partial charge in [0.2, 0.25) is 0 Å². The number of hydrogen-bond acceptors (Lipinski definition) is 3. The number of nitrogens with one attached hydrogen (secondary N) is 2. The molecule has 160 valence electrons. The van der Waals surface area contributed by atoms with Gasteiger partial charge in [-0.15, -0.1) is 0 Å². The summed E-state index contributed by atoms with van der Waals surface area (Å²) in [6.07, 6.45) is 3.49. The lowest BCUT2D eigenvalue weighted by Gasteiger charge is -2.27. The van der Waals surface area contributed by atoms with Crippen LogP contribution in [0.5, 0.6) is 0 Å². The first-order valence-corrected chi connectivity index (χ1v) is 10.6. The van der Waals surface area contributed by atoms with Crippen molar-refractivity contribution in [3.8, 4) is 0 Å². The highest BCUT2D eigenvalue weighted by atomic mass is 35.5. The lowest BCUT2D eigenvalue weighted by atomic mass is 10.00. The van der Waals surface area contributed by atoms with Crippen molar-refractivity contribution in [2.45, 2.75) is 25.0 Å². The average Bonchev–Trinajstić information content (AvgIpc) is 3.46. The van der Waals surface area contributed by atoms with Gasteiger partial charge in [-0.3, -0.25) is 9.59 Å². The fraction of sp³-hybridized carbons (Fsp3) is 0.250. The Balaban J connectivity index is 1.51. The van der Waals surface area contributed by atoms with Crippen LogP contribution in [-0.2, 0) is 11.2 Å². The van der Waals surface area contributed by atoms with E-state index < -0.39 is 12.1 Å². The fourth-order valence-corrected chi connectivity index (χ4v) is 3.95. The van der Waals surface area contributed by atoms with E-state index in [1.54, 1.807) is 29.2 Å². The number of nitrogens with zero attached hydrogens (tertiary/aromatic N) is 1. The van der Waals surface area contributed by atoms with E-state index in [1.165, 1.54) is 0 Å². The molecule has 0 saturated heterocycles. The number of H-pyrrole nitrogens is 1. The maximum absolute atomic E-state index is 12.9. The van der Waals surface area contributed by atoms with Crippen LogP contribution in [0, 0.1) is 0 Å². The maximum Gasteiger partial charge on any atom is 0.268 e. The summed E-state index contributed by atoms with van der Waals surface area (Å²) in [7, 11) is 0. The summed E-state index contributed by atoms with van der Waals surface area (Å²) in [5, 5.41) is 15.1. The van der Waals surface area contributed by atoms with Crippen LogP contribution in [-0.4, -0.2) is 52.0 Å². The van der Waals surface area contributed by atoms with Gasteiger partial charge in [-0.05, 0) is 42.7 Å². The Morgan fingerprint density at radius 1 is 1.10 bits per heavy atom. The summed E-state index contributed by atoms with van der Waals surface area (Å²) in [5.41, 5.74) is 2.21. The number of aromatic nitrogens is 1. The van der Waals surface area contributed by atoms with Crippen LogP contribution in [0.4, 0.5) is 0 Å². The zero-order valence-electron chi connectivity index (χ0n) is 16.9. The number of hydrogen-bond donors (Lipinski definition) is 3. The Morgan fingerprint density at radius 2 is 1.84 bits per heavy atom. The van der Waals surface area contributed by atoms with Crippen molar-refractivity contribution in [3.63, 3.8) is 0 Å². The minimum atomic E-state index is -1.33. The number of rotatable bonds is 7. The Morgan fingerprint density at radius 3 is 2.58 bits per heavy atom. The molecule has 31 heavy (non-hydrogen) atoms. The number of carbonyl (C=O) groups is 2. The molecule has 0 spiro atoms. The molecule has 1 aliphatic heterocycles. The fourth-order valence-electron chi connectivity index (χ4n) is 3.76. The zero-order chi connectivity index (χ0) is 21.8. The van der Waals surface area contributed by atoms with Crippen LogP contribution in [0.1, 0.15) is 22.5 Å². The molecule has 0 bridgehead atoms. The Kier molecular flexibility index (Phi) is 6.39. The topological polar surface area (TPSA) is 85.4 Å². The monoisotopic (exact) mass is 437 g/mol. The third-order valence-electron chi connectivity index (χ3n) is 5.49. The molecule has 0 unspecified atom stereocenters. The van der Waals surface area contributed by atoms with Crippen molar-refractivity contribution in [1.29, 1.82) is 0 Å². The molecule has 7 heteroatoms. The second-order valence-corrected chi connectivity index (χ2v) is 8.11. The molecule has 4 rings (SSSR count). The first-order chi connectivity index (χ1) is 15.0. The molecule has 3 aromatic rings.